The number of aryl methyl sites for hydroxylation is 1. The summed E-state index contributed by atoms with van der Waals surface area (Å²) in [7, 11) is 0. The maximum absolute atomic E-state index is 12.4. The number of hydrogen-bond donors (Lipinski definition) is 1. The van der Waals surface area contributed by atoms with Gasteiger partial charge in [0.2, 0.25) is 0 Å². The predicted molar refractivity (Wildman–Crippen MR) is 103 cm³/mol. The fourth-order valence-corrected chi connectivity index (χ4v) is 5.18. The molecule has 0 atom stereocenters. The molecular weight excluding hydrogens is 366 g/mol. The minimum absolute atomic E-state index is 0.287. The quantitative estimate of drug-likeness (QED) is 0.711. The standard InChI is InChI=1S/C20H27NO5S/c1-2-25-20(24)18-14-9-5-6-10-15(14)27-19(18)21-16(22)12-26-17(23)11-13-7-3-4-8-13/h13H,2-12H2,1H3,(H,21,22). The van der Waals surface area contributed by atoms with Crippen molar-refractivity contribution in [1.82, 2.24) is 0 Å². The second-order valence-electron chi connectivity index (χ2n) is 7.20. The fraction of sp³-hybridized carbons (Fsp3) is 0.650. The molecular formula is C20H27NO5S. The van der Waals surface area contributed by atoms with Gasteiger partial charge < -0.3 is 14.8 Å². The first-order valence-corrected chi connectivity index (χ1v) is 10.7. The summed E-state index contributed by atoms with van der Waals surface area (Å²) in [5.41, 5.74) is 1.47. The lowest BCUT2D eigenvalue weighted by Gasteiger charge is -2.12. The van der Waals surface area contributed by atoms with Gasteiger partial charge in [-0.05, 0) is 56.9 Å². The van der Waals surface area contributed by atoms with Crippen LogP contribution in [0.15, 0.2) is 0 Å². The van der Waals surface area contributed by atoms with Crippen molar-refractivity contribution in [2.75, 3.05) is 18.5 Å². The van der Waals surface area contributed by atoms with Crippen molar-refractivity contribution in [3.63, 3.8) is 0 Å². The van der Waals surface area contributed by atoms with Crippen molar-refractivity contribution in [3.05, 3.63) is 16.0 Å². The third-order valence-corrected chi connectivity index (χ3v) is 6.41. The number of thiophene rings is 1. The van der Waals surface area contributed by atoms with E-state index in [1.165, 1.54) is 11.3 Å². The van der Waals surface area contributed by atoms with Crippen LogP contribution in [0.25, 0.3) is 0 Å². The first-order valence-electron chi connectivity index (χ1n) is 9.85. The Labute approximate surface area is 163 Å². The van der Waals surface area contributed by atoms with E-state index < -0.39 is 11.9 Å². The molecule has 1 heterocycles. The lowest BCUT2D eigenvalue weighted by atomic mass is 9.95. The number of rotatable bonds is 7. The first-order chi connectivity index (χ1) is 13.1. The Morgan fingerprint density at radius 2 is 1.81 bits per heavy atom. The molecule has 27 heavy (non-hydrogen) atoms. The Morgan fingerprint density at radius 1 is 1.07 bits per heavy atom. The van der Waals surface area contributed by atoms with Crippen LogP contribution in [-0.2, 0) is 31.9 Å². The molecule has 0 spiro atoms. The first kappa shape index (κ1) is 19.9. The zero-order valence-corrected chi connectivity index (χ0v) is 16.6. The summed E-state index contributed by atoms with van der Waals surface area (Å²) in [6.45, 7) is 1.73. The molecule has 0 saturated heterocycles. The van der Waals surface area contributed by atoms with Crippen LogP contribution >= 0.6 is 11.3 Å². The van der Waals surface area contributed by atoms with Gasteiger partial charge in [-0.2, -0.15) is 0 Å². The van der Waals surface area contributed by atoms with Gasteiger partial charge >= 0.3 is 11.9 Å². The number of anilines is 1. The molecule has 0 aromatic carbocycles. The largest absolute Gasteiger partial charge is 0.462 e. The summed E-state index contributed by atoms with van der Waals surface area (Å²) >= 11 is 1.43. The maximum Gasteiger partial charge on any atom is 0.341 e. The molecule has 6 nitrogen and oxygen atoms in total. The molecule has 1 saturated carbocycles. The lowest BCUT2D eigenvalue weighted by Crippen LogP contribution is -2.22. The number of carbonyl (C=O) groups excluding carboxylic acids is 3. The summed E-state index contributed by atoms with van der Waals surface area (Å²) < 4.78 is 10.3. The average Bonchev–Trinajstić information content (AvgIpc) is 3.27. The van der Waals surface area contributed by atoms with Crippen molar-refractivity contribution in [2.24, 2.45) is 5.92 Å². The van der Waals surface area contributed by atoms with E-state index in [0.29, 0.717) is 22.9 Å². The number of carbonyl (C=O) groups is 3. The number of esters is 2. The third-order valence-electron chi connectivity index (χ3n) is 5.20. The van der Waals surface area contributed by atoms with Crippen LogP contribution in [0.5, 0.6) is 0 Å². The summed E-state index contributed by atoms with van der Waals surface area (Å²) in [6.07, 6.45) is 8.69. The maximum atomic E-state index is 12.4. The normalized spacial score (nSPS) is 16.6. The van der Waals surface area contributed by atoms with Crippen molar-refractivity contribution >= 4 is 34.2 Å². The van der Waals surface area contributed by atoms with Gasteiger partial charge in [-0.25, -0.2) is 4.79 Å². The van der Waals surface area contributed by atoms with E-state index in [9.17, 15) is 14.4 Å². The molecule has 1 fully saturated rings. The predicted octanol–water partition coefficient (Wildman–Crippen LogP) is 3.87. The Bertz CT molecular complexity index is 705. The zero-order valence-electron chi connectivity index (χ0n) is 15.8. The van der Waals surface area contributed by atoms with Gasteiger partial charge in [0.1, 0.15) is 5.00 Å². The highest BCUT2D eigenvalue weighted by molar-refractivity contribution is 7.17. The third kappa shape index (κ3) is 5.09. The van der Waals surface area contributed by atoms with Crippen molar-refractivity contribution in [1.29, 1.82) is 0 Å². The van der Waals surface area contributed by atoms with E-state index in [-0.39, 0.29) is 19.2 Å². The molecule has 1 aromatic heterocycles. The van der Waals surface area contributed by atoms with Crippen LogP contribution in [0, 0.1) is 5.92 Å². The number of hydrogen-bond acceptors (Lipinski definition) is 6. The molecule has 0 radical (unpaired) electrons. The topological polar surface area (TPSA) is 81.7 Å². The van der Waals surface area contributed by atoms with Crippen LogP contribution in [0.4, 0.5) is 5.00 Å². The minimum Gasteiger partial charge on any atom is -0.462 e. The van der Waals surface area contributed by atoms with Gasteiger partial charge in [-0.3, -0.25) is 9.59 Å². The molecule has 0 bridgehead atoms. The van der Waals surface area contributed by atoms with E-state index in [1.807, 2.05) is 0 Å². The molecule has 148 valence electrons. The van der Waals surface area contributed by atoms with E-state index in [2.05, 4.69) is 5.32 Å². The summed E-state index contributed by atoms with van der Waals surface area (Å²) in [6, 6.07) is 0. The zero-order chi connectivity index (χ0) is 19.2. The van der Waals surface area contributed by atoms with Gasteiger partial charge in [0.25, 0.3) is 5.91 Å². The molecule has 7 heteroatoms. The number of amides is 1. The van der Waals surface area contributed by atoms with Crippen molar-refractivity contribution in [2.45, 2.75) is 64.7 Å². The van der Waals surface area contributed by atoms with E-state index >= 15 is 0 Å². The summed E-state index contributed by atoms with van der Waals surface area (Å²) in [5.74, 6) is -0.752. The van der Waals surface area contributed by atoms with E-state index in [4.69, 9.17) is 9.47 Å². The molecule has 0 aliphatic heterocycles. The van der Waals surface area contributed by atoms with Crippen molar-refractivity contribution in [3.8, 4) is 0 Å². The number of ether oxygens (including phenoxy) is 2. The average molecular weight is 394 g/mol. The van der Waals surface area contributed by atoms with E-state index in [0.717, 1.165) is 61.8 Å². The second kappa shape index (κ2) is 9.35. The highest BCUT2D eigenvalue weighted by atomic mass is 32.1. The SMILES string of the molecule is CCOC(=O)c1c(NC(=O)COC(=O)CC2CCCC2)sc2c1CCCC2. The van der Waals surface area contributed by atoms with Crippen LogP contribution < -0.4 is 5.32 Å². The van der Waals surface area contributed by atoms with Crippen LogP contribution in [0.1, 0.15) is 72.7 Å². The molecule has 0 unspecified atom stereocenters. The van der Waals surface area contributed by atoms with E-state index in [1.54, 1.807) is 6.92 Å². The lowest BCUT2D eigenvalue weighted by molar-refractivity contribution is -0.148. The summed E-state index contributed by atoms with van der Waals surface area (Å²) in [4.78, 5) is 37.7. The fourth-order valence-electron chi connectivity index (χ4n) is 3.89. The molecule has 1 N–H and O–H groups in total. The summed E-state index contributed by atoms with van der Waals surface area (Å²) in [5, 5.41) is 3.27. The van der Waals surface area contributed by atoms with Gasteiger partial charge in [-0.15, -0.1) is 11.3 Å². The molecule has 2 aliphatic rings. The molecule has 2 aliphatic carbocycles. The van der Waals surface area contributed by atoms with Gasteiger partial charge in [0.15, 0.2) is 6.61 Å². The molecule has 1 aromatic rings. The Morgan fingerprint density at radius 3 is 2.56 bits per heavy atom. The van der Waals surface area contributed by atoms with Crippen LogP contribution in [-0.4, -0.2) is 31.1 Å². The Hall–Kier alpha value is -1.89. The molecule has 1 amide bonds. The van der Waals surface area contributed by atoms with Crippen molar-refractivity contribution < 1.29 is 23.9 Å². The smallest absolute Gasteiger partial charge is 0.341 e. The van der Waals surface area contributed by atoms with Crippen LogP contribution in [0.2, 0.25) is 0 Å². The highest BCUT2D eigenvalue weighted by Crippen LogP contribution is 2.38. The van der Waals surface area contributed by atoms with Gasteiger partial charge in [-0.1, -0.05) is 12.8 Å². The van der Waals surface area contributed by atoms with Crippen LogP contribution in [0.3, 0.4) is 0 Å². The minimum atomic E-state index is -0.418. The molecule has 3 rings (SSSR count). The monoisotopic (exact) mass is 393 g/mol. The van der Waals surface area contributed by atoms with Gasteiger partial charge in [0.05, 0.1) is 12.2 Å². The number of fused-ring (bicyclic) bond motifs is 1. The number of nitrogens with one attached hydrogen (secondary N) is 1. The Balaban J connectivity index is 1.60. The highest BCUT2D eigenvalue weighted by Gasteiger charge is 2.27. The van der Waals surface area contributed by atoms with Gasteiger partial charge in [0, 0.05) is 11.3 Å². The second-order valence-corrected chi connectivity index (χ2v) is 8.30. The Kier molecular flexibility index (Phi) is 6.88.